The van der Waals surface area contributed by atoms with Gasteiger partial charge in [-0.25, -0.2) is 4.98 Å². The monoisotopic (exact) mass is 288 g/mol. The van der Waals surface area contributed by atoms with E-state index in [0.29, 0.717) is 19.8 Å². The number of ether oxygens (including phenoxy) is 2. The Morgan fingerprint density at radius 2 is 1.95 bits per heavy atom. The zero-order chi connectivity index (χ0) is 14.7. The van der Waals surface area contributed by atoms with Crippen molar-refractivity contribution in [3.8, 4) is 11.5 Å². The standard InChI is InChI=1S/C16H20N2O3/c1-11-12(2)21-16(18-11)10-17-6-5-13-3-4-14-15(9-13)20-8-7-19-14/h3-4,9,17H,5-8,10H2,1-2H3. The number of aryl methyl sites for hydroxylation is 2. The minimum Gasteiger partial charge on any atom is -0.486 e. The third-order valence-corrected chi connectivity index (χ3v) is 3.55. The highest BCUT2D eigenvalue weighted by Crippen LogP contribution is 2.30. The lowest BCUT2D eigenvalue weighted by Gasteiger charge is -2.18. The molecule has 1 aliphatic rings. The molecule has 0 bridgehead atoms. The summed E-state index contributed by atoms with van der Waals surface area (Å²) < 4.78 is 16.6. The van der Waals surface area contributed by atoms with Gasteiger partial charge in [0.25, 0.3) is 0 Å². The number of fused-ring (bicyclic) bond motifs is 1. The predicted octanol–water partition coefficient (Wildman–Crippen LogP) is 2.39. The molecule has 1 aromatic heterocycles. The fourth-order valence-corrected chi connectivity index (χ4v) is 2.29. The van der Waals surface area contributed by atoms with Crippen LogP contribution in [0.5, 0.6) is 11.5 Å². The SMILES string of the molecule is Cc1nc(CNCCc2ccc3c(c2)OCCO3)oc1C. The van der Waals surface area contributed by atoms with E-state index in [2.05, 4.69) is 22.4 Å². The van der Waals surface area contributed by atoms with Gasteiger partial charge in [0.2, 0.25) is 5.89 Å². The third kappa shape index (κ3) is 3.36. The number of aromatic nitrogens is 1. The first-order valence-corrected chi connectivity index (χ1v) is 7.24. The molecule has 0 radical (unpaired) electrons. The summed E-state index contributed by atoms with van der Waals surface area (Å²) in [4.78, 5) is 4.35. The Bertz CT molecular complexity index is 602. The molecular formula is C16H20N2O3. The average molecular weight is 288 g/mol. The lowest BCUT2D eigenvalue weighted by atomic mass is 10.1. The zero-order valence-corrected chi connectivity index (χ0v) is 12.4. The lowest BCUT2D eigenvalue weighted by molar-refractivity contribution is 0.171. The number of rotatable bonds is 5. The van der Waals surface area contributed by atoms with Crippen LogP contribution in [0.15, 0.2) is 22.6 Å². The zero-order valence-electron chi connectivity index (χ0n) is 12.4. The van der Waals surface area contributed by atoms with Gasteiger partial charge in [0.15, 0.2) is 11.5 Å². The Kier molecular flexibility index (Phi) is 4.10. The number of nitrogens with one attached hydrogen (secondary N) is 1. The van der Waals surface area contributed by atoms with Crippen LogP contribution in [-0.4, -0.2) is 24.7 Å². The van der Waals surface area contributed by atoms with Gasteiger partial charge in [-0.2, -0.15) is 0 Å². The maximum Gasteiger partial charge on any atom is 0.208 e. The fourth-order valence-electron chi connectivity index (χ4n) is 2.29. The molecule has 2 aromatic rings. The second kappa shape index (κ2) is 6.18. The number of hydrogen-bond donors (Lipinski definition) is 1. The van der Waals surface area contributed by atoms with Crippen LogP contribution in [-0.2, 0) is 13.0 Å². The van der Waals surface area contributed by atoms with Gasteiger partial charge in [-0.05, 0) is 44.5 Å². The lowest BCUT2D eigenvalue weighted by Crippen LogP contribution is -2.18. The van der Waals surface area contributed by atoms with Gasteiger partial charge in [-0.1, -0.05) is 6.07 Å². The summed E-state index contributed by atoms with van der Waals surface area (Å²) in [5, 5.41) is 3.34. The highest BCUT2D eigenvalue weighted by atomic mass is 16.6. The van der Waals surface area contributed by atoms with Gasteiger partial charge < -0.3 is 19.2 Å². The Morgan fingerprint density at radius 1 is 1.14 bits per heavy atom. The Labute approximate surface area is 124 Å². The second-order valence-corrected chi connectivity index (χ2v) is 5.15. The summed E-state index contributed by atoms with van der Waals surface area (Å²) in [6.07, 6.45) is 0.926. The van der Waals surface area contributed by atoms with Gasteiger partial charge >= 0.3 is 0 Å². The molecule has 0 saturated carbocycles. The van der Waals surface area contributed by atoms with E-state index < -0.39 is 0 Å². The molecule has 0 amide bonds. The maximum atomic E-state index is 5.59. The summed E-state index contributed by atoms with van der Waals surface area (Å²) in [5.41, 5.74) is 2.19. The van der Waals surface area contributed by atoms with Crippen molar-refractivity contribution in [2.45, 2.75) is 26.8 Å². The summed E-state index contributed by atoms with van der Waals surface area (Å²) in [7, 11) is 0. The average Bonchev–Trinajstić information content (AvgIpc) is 2.82. The summed E-state index contributed by atoms with van der Waals surface area (Å²) >= 11 is 0. The van der Waals surface area contributed by atoms with E-state index in [0.717, 1.165) is 41.8 Å². The second-order valence-electron chi connectivity index (χ2n) is 5.15. The summed E-state index contributed by atoms with van der Waals surface area (Å²) in [6, 6.07) is 6.11. The minimum atomic E-state index is 0.623. The van der Waals surface area contributed by atoms with Crippen molar-refractivity contribution in [1.29, 1.82) is 0 Å². The van der Waals surface area contributed by atoms with Gasteiger partial charge in [-0.3, -0.25) is 0 Å². The van der Waals surface area contributed by atoms with Crippen LogP contribution in [0.3, 0.4) is 0 Å². The van der Waals surface area contributed by atoms with E-state index >= 15 is 0 Å². The number of hydrogen-bond acceptors (Lipinski definition) is 5. The molecule has 0 aliphatic carbocycles. The molecule has 1 aliphatic heterocycles. The highest BCUT2D eigenvalue weighted by Gasteiger charge is 2.11. The molecular weight excluding hydrogens is 268 g/mol. The first kappa shape index (κ1) is 13.9. The van der Waals surface area contributed by atoms with Crippen LogP contribution >= 0.6 is 0 Å². The van der Waals surface area contributed by atoms with Crippen LogP contribution in [0.2, 0.25) is 0 Å². The van der Waals surface area contributed by atoms with E-state index in [4.69, 9.17) is 13.9 Å². The molecule has 1 aromatic carbocycles. The van der Waals surface area contributed by atoms with Crippen molar-refractivity contribution >= 4 is 0 Å². The van der Waals surface area contributed by atoms with Crippen LogP contribution in [0.1, 0.15) is 22.9 Å². The predicted molar refractivity (Wildman–Crippen MR) is 78.8 cm³/mol. The highest BCUT2D eigenvalue weighted by molar-refractivity contribution is 5.43. The first-order valence-electron chi connectivity index (χ1n) is 7.24. The molecule has 5 heteroatoms. The Balaban J connectivity index is 1.49. The Hall–Kier alpha value is -2.01. The normalized spacial score (nSPS) is 13.4. The van der Waals surface area contributed by atoms with E-state index in [9.17, 15) is 0 Å². The molecule has 5 nitrogen and oxygen atoms in total. The van der Waals surface area contributed by atoms with E-state index in [1.165, 1.54) is 5.56 Å². The quantitative estimate of drug-likeness (QED) is 0.856. The van der Waals surface area contributed by atoms with Crippen LogP contribution < -0.4 is 14.8 Å². The molecule has 112 valence electrons. The van der Waals surface area contributed by atoms with Crippen LogP contribution in [0.25, 0.3) is 0 Å². The van der Waals surface area contributed by atoms with E-state index in [1.807, 2.05) is 19.9 Å². The van der Waals surface area contributed by atoms with Crippen molar-refractivity contribution in [3.63, 3.8) is 0 Å². The topological polar surface area (TPSA) is 56.5 Å². The molecule has 0 unspecified atom stereocenters. The van der Waals surface area contributed by atoms with E-state index in [-0.39, 0.29) is 0 Å². The van der Waals surface area contributed by atoms with Crippen molar-refractivity contribution in [2.75, 3.05) is 19.8 Å². The van der Waals surface area contributed by atoms with Gasteiger partial charge in [0.05, 0.1) is 12.2 Å². The number of oxazole rings is 1. The maximum absolute atomic E-state index is 5.59. The molecule has 0 saturated heterocycles. The molecule has 0 spiro atoms. The van der Waals surface area contributed by atoms with Crippen LogP contribution in [0.4, 0.5) is 0 Å². The number of benzene rings is 1. The van der Waals surface area contributed by atoms with Crippen molar-refractivity contribution in [3.05, 3.63) is 41.1 Å². The molecule has 3 rings (SSSR count). The first-order chi connectivity index (χ1) is 10.2. The van der Waals surface area contributed by atoms with Gasteiger partial charge in [0.1, 0.15) is 19.0 Å². The summed E-state index contributed by atoms with van der Waals surface area (Å²) in [5.74, 6) is 3.31. The van der Waals surface area contributed by atoms with Crippen molar-refractivity contribution in [1.82, 2.24) is 10.3 Å². The molecule has 21 heavy (non-hydrogen) atoms. The van der Waals surface area contributed by atoms with Gasteiger partial charge in [0, 0.05) is 0 Å². The van der Waals surface area contributed by atoms with Crippen LogP contribution in [0, 0.1) is 13.8 Å². The molecule has 1 N–H and O–H groups in total. The largest absolute Gasteiger partial charge is 0.486 e. The molecule has 0 fully saturated rings. The molecule has 0 atom stereocenters. The smallest absolute Gasteiger partial charge is 0.208 e. The minimum absolute atomic E-state index is 0.623. The van der Waals surface area contributed by atoms with Gasteiger partial charge in [-0.15, -0.1) is 0 Å². The van der Waals surface area contributed by atoms with E-state index in [1.54, 1.807) is 0 Å². The van der Waals surface area contributed by atoms with Crippen molar-refractivity contribution in [2.24, 2.45) is 0 Å². The van der Waals surface area contributed by atoms with Crippen molar-refractivity contribution < 1.29 is 13.9 Å². The fraction of sp³-hybridized carbons (Fsp3) is 0.438. The Morgan fingerprint density at radius 3 is 2.71 bits per heavy atom. The third-order valence-electron chi connectivity index (χ3n) is 3.55. The summed E-state index contributed by atoms with van der Waals surface area (Å²) in [6.45, 7) is 6.65. The number of nitrogens with zero attached hydrogens (tertiary/aromatic N) is 1. The molecule has 2 heterocycles.